The van der Waals surface area contributed by atoms with Crippen molar-refractivity contribution in [2.45, 2.75) is 51.0 Å². The van der Waals surface area contributed by atoms with E-state index in [0.717, 1.165) is 37.9 Å². The fraction of sp³-hybridized carbons (Fsp3) is 0.708. The van der Waals surface area contributed by atoms with Crippen LogP contribution in [-0.4, -0.2) is 76.7 Å². The maximum atomic E-state index is 5.33. The Kier molecular flexibility index (Phi) is 11.6. The minimum Gasteiger partial charge on any atom is -0.497 e. The fourth-order valence-corrected chi connectivity index (χ4v) is 4.04. The van der Waals surface area contributed by atoms with E-state index < -0.39 is 0 Å². The number of guanidine groups is 1. The molecule has 1 unspecified atom stereocenters. The molecule has 1 aliphatic rings. The van der Waals surface area contributed by atoms with Crippen molar-refractivity contribution in [3.63, 3.8) is 0 Å². The van der Waals surface area contributed by atoms with E-state index in [1.54, 1.807) is 7.11 Å². The zero-order chi connectivity index (χ0) is 21.6. The van der Waals surface area contributed by atoms with Crippen LogP contribution in [0.1, 0.15) is 56.6 Å². The summed E-state index contributed by atoms with van der Waals surface area (Å²) >= 11 is 0. The number of hydrogen-bond donors (Lipinski definition) is 2. The van der Waals surface area contributed by atoms with Gasteiger partial charge < -0.3 is 20.3 Å². The number of nitrogens with zero attached hydrogens (tertiary/aromatic N) is 3. The Morgan fingerprint density at radius 1 is 1.03 bits per heavy atom. The minimum atomic E-state index is 0.355. The van der Waals surface area contributed by atoms with Crippen LogP contribution in [0.25, 0.3) is 0 Å². The van der Waals surface area contributed by atoms with Gasteiger partial charge in [0, 0.05) is 20.1 Å². The SMILES string of the molecule is CN=C(NCCCCCCCN(C)C)NCC(c1ccc(OC)cc1)N1CCCC1. The van der Waals surface area contributed by atoms with E-state index in [2.05, 4.69) is 63.8 Å². The first-order valence-electron chi connectivity index (χ1n) is 11.6. The van der Waals surface area contributed by atoms with E-state index in [1.165, 1.54) is 57.1 Å². The van der Waals surface area contributed by atoms with E-state index in [9.17, 15) is 0 Å². The number of methoxy groups -OCH3 is 1. The van der Waals surface area contributed by atoms with Crippen molar-refractivity contribution in [3.05, 3.63) is 29.8 Å². The number of benzene rings is 1. The Balaban J connectivity index is 1.74. The lowest BCUT2D eigenvalue weighted by Crippen LogP contribution is -2.42. The molecule has 6 nitrogen and oxygen atoms in total. The highest BCUT2D eigenvalue weighted by Gasteiger charge is 2.23. The van der Waals surface area contributed by atoms with Crippen LogP contribution in [0.2, 0.25) is 0 Å². The summed E-state index contributed by atoms with van der Waals surface area (Å²) in [5.41, 5.74) is 1.33. The van der Waals surface area contributed by atoms with Crippen LogP contribution in [-0.2, 0) is 0 Å². The molecule has 1 saturated heterocycles. The topological polar surface area (TPSA) is 52.1 Å². The van der Waals surface area contributed by atoms with Gasteiger partial charge in [-0.2, -0.15) is 0 Å². The lowest BCUT2D eigenvalue weighted by Gasteiger charge is -2.29. The third-order valence-corrected chi connectivity index (χ3v) is 5.84. The molecular formula is C24H43N5O. The van der Waals surface area contributed by atoms with Crippen LogP contribution in [0.3, 0.4) is 0 Å². The average molecular weight is 418 g/mol. The number of aliphatic imine (C=N–C) groups is 1. The van der Waals surface area contributed by atoms with Crippen molar-refractivity contribution in [3.8, 4) is 5.75 Å². The van der Waals surface area contributed by atoms with Crippen LogP contribution in [0.4, 0.5) is 0 Å². The smallest absolute Gasteiger partial charge is 0.191 e. The highest BCUT2D eigenvalue weighted by Crippen LogP contribution is 2.26. The highest BCUT2D eigenvalue weighted by molar-refractivity contribution is 5.79. The van der Waals surface area contributed by atoms with Crippen molar-refractivity contribution in [2.75, 3.05) is 61.0 Å². The summed E-state index contributed by atoms with van der Waals surface area (Å²) in [7, 11) is 7.86. The molecule has 1 aliphatic heterocycles. The summed E-state index contributed by atoms with van der Waals surface area (Å²) in [5, 5.41) is 7.04. The Hall–Kier alpha value is -1.79. The average Bonchev–Trinajstić information content (AvgIpc) is 3.29. The van der Waals surface area contributed by atoms with E-state index in [-0.39, 0.29) is 0 Å². The zero-order valence-corrected chi connectivity index (χ0v) is 19.6. The molecule has 1 heterocycles. The highest BCUT2D eigenvalue weighted by atomic mass is 16.5. The minimum absolute atomic E-state index is 0.355. The molecule has 6 heteroatoms. The maximum Gasteiger partial charge on any atom is 0.191 e. The van der Waals surface area contributed by atoms with Crippen LogP contribution in [0, 0.1) is 0 Å². The molecule has 0 spiro atoms. The standard InChI is InChI=1S/C24H43N5O/c1-25-24(26-16-8-6-5-7-9-17-28(2)3)27-20-23(29-18-10-11-19-29)21-12-14-22(30-4)15-13-21/h12-15,23H,5-11,16-20H2,1-4H3,(H2,25,26,27). The quantitative estimate of drug-likeness (QED) is 0.292. The van der Waals surface area contributed by atoms with Crippen LogP contribution in [0.15, 0.2) is 29.3 Å². The van der Waals surface area contributed by atoms with Crippen LogP contribution in [0.5, 0.6) is 5.75 Å². The largest absolute Gasteiger partial charge is 0.497 e. The third kappa shape index (κ3) is 8.92. The predicted octanol–water partition coefficient (Wildman–Crippen LogP) is 3.51. The van der Waals surface area contributed by atoms with E-state index in [0.29, 0.717) is 6.04 Å². The third-order valence-electron chi connectivity index (χ3n) is 5.84. The van der Waals surface area contributed by atoms with Gasteiger partial charge in [0.1, 0.15) is 5.75 Å². The van der Waals surface area contributed by atoms with Gasteiger partial charge in [-0.3, -0.25) is 9.89 Å². The number of likely N-dealkylation sites (tertiary alicyclic amines) is 1. The molecule has 0 amide bonds. The van der Waals surface area contributed by atoms with Gasteiger partial charge in [-0.25, -0.2) is 0 Å². The van der Waals surface area contributed by atoms with E-state index in [4.69, 9.17) is 4.74 Å². The molecule has 170 valence electrons. The molecule has 30 heavy (non-hydrogen) atoms. The first-order chi connectivity index (χ1) is 14.6. The van der Waals surface area contributed by atoms with Gasteiger partial charge in [-0.15, -0.1) is 0 Å². The monoisotopic (exact) mass is 417 g/mol. The second-order valence-corrected chi connectivity index (χ2v) is 8.48. The van der Waals surface area contributed by atoms with Gasteiger partial charge in [0.05, 0.1) is 13.2 Å². The molecule has 0 bridgehead atoms. The number of rotatable bonds is 13. The molecule has 1 fully saturated rings. The zero-order valence-electron chi connectivity index (χ0n) is 19.6. The summed E-state index contributed by atoms with van der Waals surface area (Å²) in [6, 6.07) is 8.86. The van der Waals surface area contributed by atoms with Gasteiger partial charge in [0.15, 0.2) is 5.96 Å². The number of hydrogen-bond acceptors (Lipinski definition) is 4. The normalized spacial score (nSPS) is 16.1. The lowest BCUT2D eigenvalue weighted by molar-refractivity contribution is 0.245. The summed E-state index contributed by atoms with van der Waals surface area (Å²) in [5.74, 6) is 1.81. The maximum absolute atomic E-state index is 5.33. The first-order valence-corrected chi connectivity index (χ1v) is 11.6. The van der Waals surface area contributed by atoms with Gasteiger partial charge >= 0.3 is 0 Å². The number of ether oxygens (including phenoxy) is 1. The summed E-state index contributed by atoms with van der Waals surface area (Å²) in [6.45, 7) is 5.36. The van der Waals surface area contributed by atoms with Crippen molar-refractivity contribution in [2.24, 2.45) is 4.99 Å². The van der Waals surface area contributed by atoms with Crippen LogP contribution >= 0.6 is 0 Å². The number of unbranched alkanes of at least 4 members (excludes halogenated alkanes) is 4. The Labute approximate surface area is 184 Å². The number of nitrogens with one attached hydrogen (secondary N) is 2. The van der Waals surface area contributed by atoms with Gasteiger partial charge in [0.25, 0.3) is 0 Å². The molecular weight excluding hydrogens is 374 g/mol. The Bertz CT molecular complexity index is 596. The van der Waals surface area contributed by atoms with Crippen molar-refractivity contribution < 1.29 is 4.74 Å². The fourth-order valence-electron chi connectivity index (χ4n) is 4.04. The Morgan fingerprint density at radius 2 is 1.70 bits per heavy atom. The van der Waals surface area contributed by atoms with Crippen molar-refractivity contribution in [1.82, 2.24) is 20.4 Å². The molecule has 0 saturated carbocycles. The molecule has 0 aliphatic carbocycles. The molecule has 2 rings (SSSR count). The second kappa shape index (κ2) is 14.3. The van der Waals surface area contributed by atoms with E-state index in [1.807, 2.05) is 7.05 Å². The molecule has 0 radical (unpaired) electrons. The molecule has 1 aromatic carbocycles. The van der Waals surface area contributed by atoms with Crippen molar-refractivity contribution in [1.29, 1.82) is 0 Å². The Morgan fingerprint density at radius 3 is 2.33 bits per heavy atom. The van der Waals surface area contributed by atoms with Crippen molar-refractivity contribution >= 4 is 5.96 Å². The van der Waals surface area contributed by atoms with E-state index >= 15 is 0 Å². The lowest BCUT2D eigenvalue weighted by atomic mass is 10.1. The van der Waals surface area contributed by atoms with Crippen LogP contribution < -0.4 is 15.4 Å². The molecule has 0 aromatic heterocycles. The predicted molar refractivity (Wildman–Crippen MR) is 128 cm³/mol. The van der Waals surface area contributed by atoms with Gasteiger partial charge in [-0.1, -0.05) is 31.4 Å². The summed E-state index contributed by atoms with van der Waals surface area (Å²) < 4.78 is 5.33. The summed E-state index contributed by atoms with van der Waals surface area (Å²) in [6.07, 6.45) is 8.98. The molecule has 1 atom stereocenters. The molecule has 1 aromatic rings. The first kappa shape index (κ1) is 24.5. The second-order valence-electron chi connectivity index (χ2n) is 8.48. The van der Waals surface area contributed by atoms with Gasteiger partial charge in [-0.05, 0) is 77.1 Å². The van der Waals surface area contributed by atoms with Gasteiger partial charge in [0.2, 0.25) is 0 Å². The molecule has 2 N–H and O–H groups in total. The summed E-state index contributed by atoms with van der Waals surface area (Å²) in [4.78, 5) is 9.27.